The van der Waals surface area contributed by atoms with Crippen LogP contribution < -0.4 is 5.32 Å². The van der Waals surface area contributed by atoms with Crippen molar-refractivity contribution in [2.75, 3.05) is 14.1 Å². The van der Waals surface area contributed by atoms with E-state index in [9.17, 15) is 0 Å². The molecule has 0 spiro atoms. The molecule has 0 aromatic rings. The molecule has 3 nitrogen and oxygen atoms in total. The first-order valence-electron chi connectivity index (χ1n) is 1.96. The summed E-state index contributed by atoms with van der Waals surface area (Å²) >= 11 is 0. The van der Waals surface area contributed by atoms with E-state index < -0.39 is 0 Å². The second-order valence-electron chi connectivity index (χ2n) is 0.955. The van der Waals surface area contributed by atoms with Crippen LogP contribution in [-0.2, 0) is 0 Å². The summed E-state index contributed by atoms with van der Waals surface area (Å²) in [7, 11) is 3.40. The van der Waals surface area contributed by atoms with Gasteiger partial charge in [-0.25, -0.2) is 4.99 Å². The van der Waals surface area contributed by atoms with Gasteiger partial charge in [0.15, 0.2) is 0 Å². The number of guanidine groups is 1. The fourth-order valence-electron chi connectivity index (χ4n) is 0.262. The van der Waals surface area contributed by atoms with E-state index in [0.29, 0.717) is 5.96 Å². The van der Waals surface area contributed by atoms with Crippen LogP contribution in [-0.4, -0.2) is 26.8 Å². The number of hydrogen-bond acceptors (Lipinski definition) is 1. The van der Waals surface area contributed by atoms with Crippen LogP contribution in [0.1, 0.15) is 0 Å². The van der Waals surface area contributed by atoms with E-state index in [-0.39, 0.29) is 0 Å². The Hall–Kier alpha value is -0.860. The van der Waals surface area contributed by atoms with Crippen LogP contribution in [0.5, 0.6) is 0 Å². The first-order valence-corrected chi connectivity index (χ1v) is 1.96. The van der Waals surface area contributed by atoms with E-state index in [1.54, 1.807) is 14.1 Å². The van der Waals surface area contributed by atoms with E-state index in [0.717, 1.165) is 0 Å². The summed E-state index contributed by atoms with van der Waals surface area (Å²) in [5, 5.41) is 2.72. The van der Waals surface area contributed by atoms with Gasteiger partial charge in [-0.3, -0.25) is 4.99 Å². The minimum atomic E-state index is 0.569. The van der Waals surface area contributed by atoms with Crippen LogP contribution in [0, 0.1) is 0 Å². The summed E-state index contributed by atoms with van der Waals surface area (Å²) in [5.41, 5.74) is 0. The molecule has 0 aliphatic heterocycles. The summed E-state index contributed by atoms with van der Waals surface area (Å²) in [4.78, 5) is 7.22. The highest BCUT2D eigenvalue weighted by atomic mass is 15.1. The van der Waals surface area contributed by atoms with Crippen LogP contribution in [0.4, 0.5) is 0 Å². The van der Waals surface area contributed by atoms with Gasteiger partial charge in [0, 0.05) is 14.1 Å². The molecule has 7 heavy (non-hydrogen) atoms. The average molecular weight is 99.1 g/mol. The van der Waals surface area contributed by atoms with Crippen molar-refractivity contribution in [2.24, 2.45) is 9.98 Å². The lowest BCUT2D eigenvalue weighted by Gasteiger charge is -1.91. The molecule has 1 N–H and O–H groups in total. The van der Waals surface area contributed by atoms with Crippen LogP contribution >= 0.6 is 0 Å². The Labute approximate surface area is 43.2 Å². The van der Waals surface area contributed by atoms with Gasteiger partial charge in [-0.1, -0.05) is 0 Å². The molecule has 0 aromatic heterocycles. The molecule has 0 aliphatic rings. The number of hydrogen-bond donors (Lipinski definition) is 1. The van der Waals surface area contributed by atoms with Crippen molar-refractivity contribution in [2.45, 2.75) is 0 Å². The third-order valence-corrected chi connectivity index (χ3v) is 0.585. The first kappa shape index (κ1) is 6.14. The zero-order valence-corrected chi connectivity index (χ0v) is 4.60. The molecular weight excluding hydrogens is 90.1 g/mol. The van der Waals surface area contributed by atoms with Gasteiger partial charge in [0.05, 0.1) is 0 Å². The standard InChI is InChI=1S/C4H9N3/c1-5-4(6-2)7-3/h1H2,2-3H3,(H,6,7). The molecule has 0 radical (unpaired) electrons. The molecule has 3 heteroatoms. The Balaban J connectivity index is 3.60. The van der Waals surface area contributed by atoms with Crippen LogP contribution in [0.25, 0.3) is 0 Å². The molecule has 0 aliphatic carbocycles. The van der Waals surface area contributed by atoms with Crippen LogP contribution in [0.2, 0.25) is 0 Å². The van der Waals surface area contributed by atoms with Crippen molar-refractivity contribution < 1.29 is 0 Å². The SMILES string of the molecule is C=NC(=NC)NC. The lowest BCUT2D eigenvalue weighted by molar-refractivity contribution is 1.13. The molecule has 0 aromatic carbocycles. The van der Waals surface area contributed by atoms with Crippen molar-refractivity contribution in [1.29, 1.82) is 0 Å². The maximum Gasteiger partial charge on any atom is 0.216 e. The molecule has 0 fully saturated rings. The number of rotatable bonds is 0. The Morgan fingerprint density at radius 2 is 2.29 bits per heavy atom. The molecule has 0 amide bonds. The average Bonchev–Trinajstić information content (AvgIpc) is 1.72. The van der Waals surface area contributed by atoms with E-state index in [2.05, 4.69) is 22.0 Å². The van der Waals surface area contributed by atoms with E-state index in [4.69, 9.17) is 0 Å². The third-order valence-electron chi connectivity index (χ3n) is 0.585. The fourth-order valence-corrected chi connectivity index (χ4v) is 0.262. The highest BCUT2D eigenvalue weighted by Crippen LogP contribution is 1.65. The number of aliphatic imine (C=N–C) groups is 2. The van der Waals surface area contributed by atoms with E-state index in [1.807, 2.05) is 0 Å². The second kappa shape index (κ2) is 3.33. The lowest BCUT2D eigenvalue weighted by atomic mass is 10.9. The molecule has 0 heterocycles. The zero-order valence-electron chi connectivity index (χ0n) is 4.60. The first-order chi connectivity index (χ1) is 3.35. The molecule has 0 unspecified atom stereocenters. The molecule has 40 valence electrons. The van der Waals surface area contributed by atoms with Gasteiger partial charge < -0.3 is 5.32 Å². The number of nitrogens with one attached hydrogen (secondary N) is 1. The molecule has 0 atom stereocenters. The zero-order chi connectivity index (χ0) is 5.70. The van der Waals surface area contributed by atoms with E-state index in [1.165, 1.54) is 0 Å². The molecule has 0 saturated heterocycles. The maximum atomic E-state index is 3.70. The van der Waals surface area contributed by atoms with Crippen molar-refractivity contribution in [3.8, 4) is 0 Å². The predicted octanol–water partition coefficient (Wildman–Crippen LogP) is -0.108. The van der Waals surface area contributed by atoms with Crippen molar-refractivity contribution in [3.05, 3.63) is 0 Å². The summed E-state index contributed by atoms with van der Waals surface area (Å²) in [5.74, 6) is 0.569. The van der Waals surface area contributed by atoms with Gasteiger partial charge in [-0.15, -0.1) is 0 Å². The topological polar surface area (TPSA) is 36.8 Å². The fraction of sp³-hybridized carbons (Fsp3) is 0.500. The van der Waals surface area contributed by atoms with Crippen molar-refractivity contribution >= 4 is 12.7 Å². The van der Waals surface area contributed by atoms with E-state index >= 15 is 0 Å². The smallest absolute Gasteiger partial charge is 0.216 e. The molecule has 0 bridgehead atoms. The Kier molecular flexibility index (Phi) is 2.92. The van der Waals surface area contributed by atoms with Crippen molar-refractivity contribution in [3.63, 3.8) is 0 Å². The highest BCUT2D eigenvalue weighted by molar-refractivity contribution is 5.83. The van der Waals surface area contributed by atoms with Gasteiger partial charge >= 0.3 is 0 Å². The Morgan fingerprint density at radius 3 is 2.29 bits per heavy atom. The summed E-state index contributed by atoms with van der Waals surface area (Å²) in [6.45, 7) is 3.26. The minimum absolute atomic E-state index is 0.569. The highest BCUT2D eigenvalue weighted by Gasteiger charge is 1.78. The molecular formula is C4H9N3. The van der Waals surface area contributed by atoms with Gasteiger partial charge in [0.2, 0.25) is 5.96 Å². The summed E-state index contributed by atoms with van der Waals surface area (Å²) in [6.07, 6.45) is 0. The summed E-state index contributed by atoms with van der Waals surface area (Å²) < 4.78 is 0. The minimum Gasteiger partial charge on any atom is -0.358 e. The predicted molar refractivity (Wildman–Crippen MR) is 32.0 cm³/mol. The third kappa shape index (κ3) is 1.92. The molecule has 0 saturated carbocycles. The Morgan fingerprint density at radius 1 is 1.71 bits per heavy atom. The number of nitrogens with zero attached hydrogens (tertiary/aromatic N) is 2. The molecule has 0 rings (SSSR count). The van der Waals surface area contributed by atoms with Crippen LogP contribution in [0.15, 0.2) is 9.98 Å². The van der Waals surface area contributed by atoms with Gasteiger partial charge in [-0.05, 0) is 6.72 Å². The van der Waals surface area contributed by atoms with Gasteiger partial charge in [0.25, 0.3) is 0 Å². The largest absolute Gasteiger partial charge is 0.358 e. The summed E-state index contributed by atoms with van der Waals surface area (Å²) in [6, 6.07) is 0. The Bertz CT molecular complexity index is 84.9. The second-order valence-corrected chi connectivity index (χ2v) is 0.955. The quantitative estimate of drug-likeness (QED) is 0.334. The van der Waals surface area contributed by atoms with Crippen LogP contribution in [0.3, 0.4) is 0 Å². The van der Waals surface area contributed by atoms with Gasteiger partial charge in [0.1, 0.15) is 0 Å². The lowest BCUT2D eigenvalue weighted by Crippen LogP contribution is -2.14. The maximum absolute atomic E-state index is 3.70. The van der Waals surface area contributed by atoms with Gasteiger partial charge in [-0.2, -0.15) is 0 Å². The monoisotopic (exact) mass is 99.1 g/mol. The van der Waals surface area contributed by atoms with Crippen molar-refractivity contribution in [1.82, 2.24) is 5.32 Å². The normalized spacial score (nSPS) is 10.9.